The Kier molecular flexibility index (Phi) is 1.97. The van der Waals surface area contributed by atoms with E-state index in [1.54, 1.807) is 7.11 Å². The van der Waals surface area contributed by atoms with E-state index in [4.69, 9.17) is 9.47 Å². The molecule has 1 aromatic carbocycles. The van der Waals surface area contributed by atoms with Crippen LogP contribution in [0.4, 0.5) is 5.69 Å². The van der Waals surface area contributed by atoms with Gasteiger partial charge in [0.2, 0.25) is 0 Å². The molecular weight excluding hydrogens is 190 g/mol. The molecule has 0 bridgehead atoms. The van der Waals surface area contributed by atoms with Crippen LogP contribution in [0.15, 0.2) is 12.1 Å². The van der Waals surface area contributed by atoms with Crippen molar-refractivity contribution in [3.05, 3.63) is 17.7 Å². The molecule has 0 spiro atoms. The summed E-state index contributed by atoms with van der Waals surface area (Å²) in [5.74, 6) is 2.03. The molecule has 0 aromatic heterocycles. The van der Waals surface area contributed by atoms with E-state index in [1.807, 2.05) is 12.1 Å². The first-order valence-corrected chi connectivity index (χ1v) is 5.48. The number of anilines is 1. The second-order valence-electron chi connectivity index (χ2n) is 4.03. The fourth-order valence-electron chi connectivity index (χ4n) is 2.54. The lowest BCUT2D eigenvalue weighted by Gasteiger charge is -2.36. The van der Waals surface area contributed by atoms with Crippen LogP contribution in [0.25, 0.3) is 0 Å². The standard InChI is InChI=1S/C12H15NO2/c1-14-10-4-5-11-12-9(10)3-2-6-13(12)7-8-15-11/h4-5H,2-3,6-8H2,1H3. The quantitative estimate of drug-likeness (QED) is 0.698. The van der Waals surface area contributed by atoms with Gasteiger partial charge in [-0.3, -0.25) is 0 Å². The molecule has 2 aliphatic heterocycles. The molecule has 0 N–H and O–H groups in total. The SMILES string of the molecule is COc1ccc2c3c1CCCN3CCO2. The van der Waals surface area contributed by atoms with Gasteiger partial charge in [0, 0.05) is 12.1 Å². The van der Waals surface area contributed by atoms with Crippen molar-refractivity contribution in [2.24, 2.45) is 0 Å². The fraction of sp³-hybridized carbons (Fsp3) is 0.500. The van der Waals surface area contributed by atoms with Crippen molar-refractivity contribution in [3.63, 3.8) is 0 Å². The Bertz CT molecular complexity index is 387. The van der Waals surface area contributed by atoms with E-state index in [9.17, 15) is 0 Å². The van der Waals surface area contributed by atoms with Crippen molar-refractivity contribution in [1.29, 1.82) is 0 Å². The van der Waals surface area contributed by atoms with Gasteiger partial charge in [-0.25, -0.2) is 0 Å². The summed E-state index contributed by atoms with van der Waals surface area (Å²) in [6.07, 6.45) is 2.32. The maximum Gasteiger partial charge on any atom is 0.143 e. The van der Waals surface area contributed by atoms with Crippen LogP contribution < -0.4 is 14.4 Å². The Labute approximate surface area is 89.6 Å². The van der Waals surface area contributed by atoms with Gasteiger partial charge in [0.05, 0.1) is 19.3 Å². The molecule has 1 aromatic rings. The molecule has 3 nitrogen and oxygen atoms in total. The zero-order valence-corrected chi connectivity index (χ0v) is 8.95. The summed E-state index contributed by atoms with van der Waals surface area (Å²) in [6, 6.07) is 4.04. The van der Waals surface area contributed by atoms with E-state index in [0.717, 1.165) is 37.6 Å². The monoisotopic (exact) mass is 205 g/mol. The van der Waals surface area contributed by atoms with Crippen LogP contribution in [0.2, 0.25) is 0 Å². The summed E-state index contributed by atoms with van der Waals surface area (Å²) in [4.78, 5) is 2.42. The Hall–Kier alpha value is -1.38. The number of hydrogen-bond acceptors (Lipinski definition) is 3. The molecule has 2 heterocycles. The number of methoxy groups -OCH3 is 1. The van der Waals surface area contributed by atoms with Gasteiger partial charge >= 0.3 is 0 Å². The highest BCUT2D eigenvalue weighted by Crippen LogP contribution is 2.42. The molecule has 0 saturated heterocycles. The third-order valence-electron chi connectivity index (χ3n) is 3.21. The predicted molar refractivity (Wildman–Crippen MR) is 59.0 cm³/mol. The molecule has 0 radical (unpaired) electrons. The Morgan fingerprint density at radius 2 is 2.27 bits per heavy atom. The van der Waals surface area contributed by atoms with Crippen molar-refractivity contribution < 1.29 is 9.47 Å². The fourth-order valence-corrected chi connectivity index (χ4v) is 2.54. The summed E-state index contributed by atoms with van der Waals surface area (Å²) in [6.45, 7) is 2.96. The average molecular weight is 205 g/mol. The molecule has 15 heavy (non-hydrogen) atoms. The third kappa shape index (κ3) is 1.26. The largest absolute Gasteiger partial charge is 0.496 e. The lowest BCUT2D eigenvalue weighted by Crippen LogP contribution is -2.37. The van der Waals surface area contributed by atoms with Gasteiger partial charge in [-0.05, 0) is 25.0 Å². The molecule has 3 rings (SSSR count). The Morgan fingerprint density at radius 1 is 1.33 bits per heavy atom. The molecular formula is C12H15NO2. The maximum atomic E-state index is 5.67. The zero-order valence-electron chi connectivity index (χ0n) is 8.95. The smallest absolute Gasteiger partial charge is 0.143 e. The van der Waals surface area contributed by atoms with Gasteiger partial charge in [-0.1, -0.05) is 0 Å². The van der Waals surface area contributed by atoms with Crippen LogP contribution in [0.1, 0.15) is 12.0 Å². The van der Waals surface area contributed by atoms with E-state index in [2.05, 4.69) is 4.90 Å². The molecule has 0 amide bonds. The van der Waals surface area contributed by atoms with E-state index in [0.29, 0.717) is 0 Å². The van der Waals surface area contributed by atoms with Crippen LogP contribution in [-0.4, -0.2) is 26.8 Å². The lowest BCUT2D eigenvalue weighted by atomic mass is 9.99. The summed E-state index contributed by atoms with van der Waals surface area (Å²) < 4.78 is 11.1. The highest BCUT2D eigenvalue weighted by molar-refractivity contribution is 5.70. The number of hydrogen-bond donors (Lipinski definition) is 0. The molecule has 80 valence electrons. The minimum absolute atomic E-state index is 0.804. The summed E-state index contributed by atoms with van der Waals surface area (Å²) in [5, 5.41) is 0. The van der Waals surface area contributed by atoms with Crippen molar-refractivity contribution in [2.45, 2.75) is 12.8 Å². The van der Waals surface area contributed by atoms with E-state index >= 15 is 0 Å². The van der Waals surface area contributed by atoms with Gasteiger partial charge < -0.3 is 14.4 Å². The molecule has 3 heteroatoms. The second kappa shape index (κ2) is 3.33. The highest BCUT2D eigenvalue weighted by Gasteiger charge is 2.26. The molecule has 2 aliphatic rings. The minimum Gasteiger partial charge on any atom is -0.496 e. The maximum absolute atomic E-state index is 5.67. The van der Waals surface area contributed by atoms with Gasteiger partial charge in [-0.15, -0.1) is 0 Å². The zero-order chi connectivity index (χ0) is 10.3. The van der Waals surface area contributed by atoms with E-state index in [-0.39, 0.29) is 0 Å². The Morgan fingerprint density at radius 3 is 3.13 bits per heavy atom. The highest BCUT2D eigenvalue weighted by atomic mass is 16.5. The van der Waals surface area contributed by atoms with Crippen LogP contribution in [-0.2, 0) is 6.42 Å². The molecule has 0 atom stereocenters. The third-order valence-corrected chi connectivity index (χ3v) is 3.21. The first-order chi connectivity index (χ1) is 7.40. The topological polar surface area (TPSA) is 21.7 Å². The van der Waals surface area contributed by atoms with Crippen LogP contribution in [0.3, 0.4) is 0 Å². The normalized spacial score (nSPS) is 18.1. The van der Waals surface area contributed by atoms with Crippen molar-refractivity contribution in [3.8, 4) is 11.5 Å². The molecule has 0 unspecified atom stereocenters. The molecule has 0 aliphatic carbocycles. The summed E-state index contributed by atoms with van der Waals surface area (Å²) in [7, 11) is 1.74. The Balaban J connectivity index is 2.18. The van der Waals surface area contributed by atoms with Crippen LogP contribution in [0, 0.1) is 0 Å². The first kappa shape index (κ1) is 8.89. The number of rotatable bonds is 1. The van der Waals surface area contributed by atoms with Gasteiger partial charge in [0.1, 0.15) is 18.1 Å². The van der Waals surface area contributed by atoms with Gasteiger partial charge in [-0.2, -0.15) is 0 Å². The number of benzene rings is 1. The van der Waals surface area contributed by atoms with Gasteiger partial charge in [0.15, 0.2) is 0 Å². The minimum atomic E-state index is 0.804. The number of nitrogens with zero attached hydrogens (tertiary/aromatic N) is 1. The van der Waals surface area contributed by atoms with Crippen molar-refractivity contribution in [1.82, 2.24) is 0 Å². The molecule has 0 saturated carbocycles. The summed E-state index contributed by atoms with van der Waals surface area (Å²) >= 11 is 0. The predicted octanol–water partition coefficient (Wildman–Crippen LogP) is 1.84. The summed E-state index contributed by atoms with van der Waals surface area (Å²) in [5.41, 5.74) is 2.59. The lowest BCUT2D eigenvalue weighted by molar-refractivity contribution is 0.302. The van der Waals surface area contributed by atoms with Crippen molar-refractivity contribution in [2.75, 3.05) is 31.7 Å². The van der Waals surface area contributed by atoms with Gasteiger partial charge in [0.25, 0.3) is 0 Å². The van der Waals surface area contributed by atoms with Crippen LogP contribution >= 0.6 is 0 Å². The van der Waals surface area contributed by atoms with Crippen molar-refractivity contribution >= 4 is 5.69 Å². The number of ether oxygens (including phenoxy) is 2. The second-order valence-corrected chi connectivity index (χ2v) is 4.03. The van der Waals surface area contributed by atoms with Crippen LogP contribution in [0.5, 0.6) is 11.5 Å². The van der Waals surface area contributed by atoms with E-state index < -0.39 is 0 Å². The average Bonchev–Trinajstić information content (AvgIpc) is 2.30. The molecule has 0 fully saturated rings. The van der Waals surface area contributed by atoms with E-state index in [1.165, 1.54) is 17.7 Å². The first-order valence-electron chi connectivity index (χ1n) is 5.48.